The summed E-state index contributed by atoms with van der Waals surface area (Å²) in [6, 6.07) is 2.05. The fourth-order valence-corrected chi connectivity index (χ4v) is 2.70. The summed E-state index contributed by atoms with van der Waals surface area (Å²) in [5, 5.41) is 7.48. The van der Waals surface area contributed by atoms with E-state index in [1.165, 1.54) is 5.69 Å². The first-order chi connectivity index (χ1) is 9.31. The van der Waals surface area contributed by atoms with Crippen LogP contribution in [0.1, 0.15) is 18.5 Å². The first-order valence-electron chi connectivity index (χ1n) is 6.52. The Hall–Kier alpha value is -1.62. The smallest absolute Gasteiger partial charge is 0.149 e. The Kier molecular flexibility index (Phi) is 3.64. The number of aromatic nitrogens is 4. The van der Waals surface area contributed by atoms with E-state index in [0.29, 0.717) is 11.1 Å². The lowest BCUT2D eigenvalue weighted by molar-refractivity contribution is 0.399. The highest BCUT2D eigenvalue weighted by Crippen LogP contribution is 2.24. The molecule has 3 rings (SSSR count). The quantitative estimate of drug-likeness (QED) is 0.935. The molecule has 0 aromatic carbocycles. The Morgan fingerprint density at radius 1 is 1.32 bits per heavy atom. The van der Waals surface area contributed by atoms with Crippen LogP contribution in [0, 0.1) is 5.92 Å². The maximum Gasteiger partial charge on any atom is 0.149 e. The third-order valence-electron chi connectivity index (χ3n) is 3.60. The third-order valence-corrected chi connectivity index (χ3v) is 3.78. The summed E-state index contributed by atoms with van der Waals surface area (Å²) in [6.45, 7) is 2.02. The van der Waals surface area contributed by atoms with Crippen LogP contribution in [0.2, 0.25) is 5.15 Å². The monoisotopic (exact) mass is 277 g/mol. The molecule has 19 heavy (non-hydrogen) atoms. The predicted octanol–water partition coefficient (Wildman–Crippen LogP) is 2.31. The van der Waals surface area contributed by atoms with Crippen molar-refractivity contribution in [1.82, 2.24) is 20.2 Å². The van der Waals surface area contributed by atoms with Crippen LogP contribution in [0.5, 0.6) is 0 Å². The van der Waals surface area contributed by atoms with E-state index in [4.69, 9.17) is 11.6 Å². The van der Waals surface area contributed by atoms with Crippen LogP contribution in [-0.4, -0.2) is 33.3 Å². The molecule has 1 N–H and O–H groups in total. The number of nitrogens with zero attached hydrogens (tertiary/aromatic N) is 4. The molecular formula is C13H16ClN5. The molecule has 0 unspecified atom stereocenters. The van der Waals surface area contributed by atoms with Gasteiger partial charge in [-0.3, -0.25) is 10.1 Å². The van der Waals surface area contributed by atoms with Gasteiger partial charge in [0, 0.05) is 25.0 Å². The summed E-state index contributed by atoms with van der Waals surface area (Å²) in [5.41, 5.74) is 1.22. The SMILES string of the molecule is Clc1cncc(N2CCC(Cc3ccn[nH]3)CC2)n1. The highest BCUT2D eigenvalue weighted by Gasteiger charge is 2.21. The van der Waals surface area contributed by atoms with Crippen LogP contribution in [0.15, 0.2) is 24.7 Å². The lowest BCUT2D eigenvalue weighted by atomic mass is 9.92. The summed E-state index contributed by atoms with van der Waals surface area (Å²) in [5.74, 6) is 1.59. The Labute approximate surface area is 117 Å². The fraction of sp³-hybridized carbons (Fsp3) is 0.462. The maximum atomic E-state index is 5.88. The normalized spacial score (nSPS) is 16.8. The molecule has 2 aromatic rings. The molecular weight excluding hydrogens is 262 g/mol. The number of halogens is 1. The van der Waals surface area contributed by atoms with Crippen LogP contribution >= 0.6 is 11.6 Å². The minimum Gasteiger partial charge on any atom is -0.355 e. The summed E-state index contributed by atoms with van der Waals surface area (Å²) in [6.07, 6.45) is 8.55. The molecule has 1 aliphatic heterocycles. The molecule has 2 aromatic heterocycles. The lowest BCUT2D eigenvalue weighted by Gasteiger charge is -2.32. The van der Waals surface area contributed by atoms with Gasteiger partial charge in [-0.05, 0) is 31.2 Å². The van der Waals surface area contributed by atoms with E-state index >= 15 is 0 Å². The van der Waals surface area contributed by atoms with Crippen LogP contribution in [0.4, 0.5) is 5.82 Å². The van der Waals surface area contributed by atoms with Crippen molar-refractivity contribution in [3.05, 3.63) is 35.5 Å². The Balaban J connectivity index is 1.57. The van der Waals surface area contributed by atoms with E-state index in [2.05, 4.69) is 31.1 Å². The standard InChI is InChI=1S/C13H16ClN5/c14-12-8-15-9-13(17-12)19-5-2-10(3-6-19)7-11-1-4-16-18-11/h1,4,8-10H,2-3,5-7H2,(H,16,18). The molecule has 0 spiro atoms. The van der Waals surface area contributed by atoms with Gasteiger partial charge in [0.2, 0.25) is 0 Å². The third kappa shape index (κ3) is 3.04. The number of piperidine rings is 1. The van der Waals surface area contributed by atoms with Gasteiger partial charge in [-0.1, -0.05) is 11.6 Å². The minimum absolute atomic E-state index is 0.456. The average molecular weight is 278 g/mol. The molecule has 1 saturated heterocycles. The van der Waals surface area contributed by atoms with Crippen molar-refractivity contribution in [2.75, 3.05) is 18.0 Å². The van der Waals surface area contributed by atoms with Gasteiger partial charge in [-0.25, -0.2) is 4.98 Å². The van der Waals surface area contributed by atoms with Crippen LogP contribution in [-0.2, 0) is 6.42 Å². The van der Waals surface area contributed by atoms with Crippen LogP contribution in [0.25, 0.3) is 0 Å². The summed E-state index contributed by atoms with van der Waals surface area (Å²) < 4.78 is 0. The van der Waals surface area contributed by atoms with E-state index in [1.54, 1.807) is 12.4 Å². The molecule has 1 aliphatic rings. The van der Waals surface area contributed by atoms with Crippen LogP contribution in [0.3, 0.4) is 0 Å². The Bertz CT molecular complexity index is 520. The van der Waals surface area contributed by atoms with Gasteiger partial charge in [0.25, 0.3) is 0 Å². The van der Waals surface area contributed by atoms with Gasteiger partial charge in [-0.2, -0.15) is 5.10 Å². The first kappa shape index (κ1) is 12.4. The van der Waals surface area contributed by atoms with E-state index < -0.39 is 0 Å². The topological polar surface area (TPSA) is 57.7 Å². The predicted molar refractivity (Wildman–Crippen MR) is 74.3 cm³/mol. The van der Waals surface area contributed by atoms with Crippen molar-refractivity contribution in [3.8, 4) is 0 Å². The number of H-pyrrole nitrogens is 1. The zero-order valence-electron chi connectivity index (χ0n) is 10.6. The molecule has 0 amide bonds. The maximum absolute atomic E-state index is 5.88. The summed E-state index contributed by atoms with van der Waals surface area (Å²) in [4.78, 5) is 10.7. The molecule has 100 valence electrons. The number of anilines is 1. The van der Waals surface area contributed by atoms with Gasteiger partial charge >= 0.3 is 0 Å². The molecule has 0 atom stereocenters. The fourth-order valence-electron chi connectivity index (χ4n) is 2.56. The molecule has 3 heterocycles. The molecule has 0 bridgehead atoms. The number of nitrogens with one attached hydrogen (secondary N) is 1. The Morgan fingerprint density at radius 2 is 2.16 bits per heavy atom. The highest BCUT2D eigenvalue weighted by atomic mass is 35.5. The molecule has 5 nitrogen and oxygen atoms in total. The van der Waals surface area contributed by atoms with E-state index in [1.807, 2.05) is 6.20 Å². The first-order valence-corrected chi connectivity index (χ1v) is 6.90. The van der Waals surface area contributed by atoms with Crippen molar-refractivity contribution >= 4 is 17.4 Å². The van der Waals surface area contributed by atoms with Crippen LogP contribution < -0.4 is 4.90 Å². The molecule has 0 radical (unpaired) electrons. The van der Waals surface area contributed by atoms with E-state index in [-0.39, 0.29) is 0 Å². The van der Waals surface area contributed by atoms with Gasteiger partial charge in [0.15, 0.2) is 0 Å². The van der Waals surface area contributed by atoms with Crippen molar-refractivity contribution in [2.24, 2.45) is 5.92 Å². The lowest BCUT2D eigenvalue weighted by Crippen LogP contribution is -2.35. The largest absolute Gasteiger partial charge is 0.355 e. The van der Waals surface area contributed by atoms with Gasteiger partial charge in [0.05, 0.1) is 12.4 Å². The van der Waals surface area contributed by atoms with Gasteiger partial charge in [0.1, 0.15) is 11.0 Å². The second-order valence-electron chi connectivity index (χ2n) is 4.92. The highest BCUT2D eigenvalue weighted by molar-refractivity contribution is 6.29. The van der Waals surface area contributed by atoms with Gasteiger partial charge < -0.3 is 4.90 Å². The second kappa shape index (κ2) is 5.57. The zero-order chi connectivity index (χ0) is 13.1. The van der Waals surface area contributed by atoms with Crippen molar-refractivity contribution in [1.29, 1.82) is 0 Å². The van der Waals surface area contributed by atoms with Crippen molar-refractivity contribution in [2.45, 2.75) is 19.3 Å². The minimum atomic E-state index is 0.456. The molecule has 6 heteroatoms. The second-order valence-corrected chi connectivity index (χ2v) is 5.30. The molecule has 0 aliphatic carbocycles. The van der Waals surface area contributed by atoms with E-state index in [9.17, 15) is 0 Å². The number of aromatic amines is 1. The van der Waals surface area contributed by atoms with Gasteiger partial charge in [-0.15, -0.1) is 0 Å². The molecule has 1 fully saturated rings. The number of rotatable bonds is 3. The summed E-state index contributed by atoms with van der Waals surface area (Å²) >= 11 is 5.88. The number of hydrogen-bond donors (Lipinski definition) is 1. The van der Waals surface area contributed by atoms with E-state index in [0.717, 1.165) is 38.2 Å². The summed E-state index contributed by atoms with van der Waals surface area (Å²) in [7, 11) is 0. The zero-order valence-corrected chi connectivity index (χ0v) is 11.3. The Morgan fingerprint density at radius 3 is 2.84 bits per heavy atom. The number of hydrogen-bond acceptors (Lipinski definition) is 4. The molecule has 0 saturated carbocycles. The van der Waals surface area contributed by atoms with Crippen molar-refractivity contribution < 1.29 is 0 Å². The van der Waals surface area contributed by atoms with Crippen molar-refractivity contribution in [3.63, 3.8) is 0 Å². The average Bonchev–Trinajstić information content (AvgIpc) is 2.92.